The number of hydrogen-bond donors (Lipinski definition) is 3. The number of aryl methyl sites for hydroxylation is 1. The third kappa shape index (κ3) is 3.63. The van der Waals surface area contributed by atoms with E-state index in [-0.39, 0.29) is 24.4 Å². The van der Waals surface area contributed by atoms with Gasteiger partial charge in [0.15, 0.2) is 0 Å². The number of carbonyl (C=O) groups excluding carboxylic acids is 1. The highest BCUT2D eigenvalue weighted by Gasteiger charge is 2.23. The molecular weight excluding hydrogens is 358 g/mol. The van der Waals surface area contributed by atoms with E-state index in [0.29, 0.717) is 0 Å². The molecule has 2 aromatic rings. The lowest BCUT2D eigenvalue weighted by molar-refractivity contribution is -0.117. The number of thioether (sulfide) groups is 1. The number of amides is 1. The summed E-state index contributed by atoms with van der Waals surface area (Å²) in [5, 5.41) is 7.53. The Kier molecular flexibility index (Phi) is 5.56. The van der Waals surface area contributed by atoms with Gasteiger partial charge in [-0.15, -0.1) is 24.2 Å². The molecule has 6 nitrogen and oxygen atoms in total. The van der Waals surface area contributed by atoms with Crippen LogP contribution in [0, 0.1) is 6.92 Å². The fourth-order valence-electron chi connectivity index (χ4n) is 3.28. The fraction of sp³-hybridized carbons (Fsp3) is 0.412. The summed E-state index contributed by atoms with van der Waals surface area (Å²) in [5.41, 5.74) is 3.16. The van der Waals surface area contributed by atoms with Crippen LogP contribution in [0.3, 0.4) is 0 Å². The summed E-state index contributed by atoms with van der Waals surface area (Å²) in [6.07, 6.45) is 6.77. The van der Waals surface area contributed by atoms with Gasteiger partial charge in [-0.2, -0.15) is 0 Å². The summed E-state index contributed by atoms with van der Waals surface area (Å²) in [5.74, 6) is 0.935. The van der Waals surface area contributed by atoms with Crippen molar-refractivity contribution in [2.24, 2.45) is 0 Å². The van der Waals surface area contributed by atoms with Crippen molar-refractivity contribution in [1.29, 1.82) is 0 Å². The molecule has 134 valence electrons. The highest BCUT2D eigenvalue weighted by Crippen LogP contribution is 2.32. The third-order valence-corrected chi connectivity index (χ3v) is 5.53. The van der Waals surface area contributed by atoms with Gasteiger partial charge in [-0.25, -0.2) is 4.98 Å². The predicted octanol–water partition coefficient (Wildman–Crippen LogP) is 2.17. The van der Waals surface area contributed by atoms with E-state index in [4.69, 9.17) is 0 Å². The van der Waals surface area contributed by atoms with Gasteiger partial charge in [-0.1, -0.05) is 0 Å². The lowest BCUT2D eigenvalue weighted by atomic mass is 10.2. The van der Waals surface area contributed by atoms with E-state index in [2.05, 4.69) is 32.4 Å². The largest absolute Gasteiger partial charge is 0.347 e. The summed E-state index contributed by atoms with van der Waals surface area (Å²) >= 11 is 1.63. The minimum absolute atomic E-state index is 0. The predicted molar refractivity (Wildman–Crippen MR) is 105 cm³/mol. The van der Waals surface area contributed by atoms with Crippen LogP contribution < -0.4 is 15.5 Å². The van der Waals surface area contributed by atoms with Crippen LogP contribution >= 0.6 is 24.2 Å². The zero-order valence-corrected chi connectivity index (χ0v) is 15.7. The molecule has 1 fully saturated rings. The number of nitrogens with one attached hydrogen (secondary N) is 3. The van der Waals surface area contributed by atoms with E-state index in [1.54, 1.807) is 11.8 Å². The second-order valence-electron chi connectivity index (χ2n) is 6.22. The minimum Gasteiger partial charge on any atom is -0.347 e. The maximum Gasteiger partial charge on any atom is 0.259 e. The molecule has 0 aromatic carbocycles. The summed E-state index contributed by atoms with van der Waals surface area (Å²) in [6, 6.07) is 2.26. The van der Waals surface area contributed by atoms with Crippen molar-refractivity contribution in [2.45, 2.75) is 19.4 Å². The van der Waals surface area contributed by atoms with Crippen LogP contribution in [0.4, 0.5) is 5.69 Å². The van der Waals surface area contributed by atoms with Crippen molar-refractivity contribution in [1.82, 2.24) is 20.6 Å². The van der Waals surface area contributed by atoms with Gasteiger partial charge in [0, 0.05) is 48.9 Å². The average Bonchev–Trinajstić information content (AvgIpc) is 3.25. The normalized spacial score (nSPS) is 20.3. The van der Waals surface area contributed by atoms with E-state index < -0.39 is 0 Å². The molecule has 8 heteroatoms. The van der Waals surface area contributed by atoms with Gasteiger partial charge >= 0.3 is 0 Å². The standard InChI is InChI=1S/C17H21N5OS.ClH/c1-11-8-20-16-15(11)13(3-5-19-16)22-6-7-24-14(10-22)17(23)21-12-2-4-18-9-12;/h3,5,8,10,12,18H,2,4,6-7,9H2,1H3,(H,19,20)(H,21,23);1H/t12-;/m0./s1. The van der Waals surface area contributed by atoms with Gasteiger partial charge in [0.25, 0.3) is 5.91 Å². The first-order valence-electron chi connectivity index (χ1n) is 8.28. The molecule has 0 saturated carbocycles. The van der Waals surface area contributed by atoms with Crippen molar-refractivity contribution in [3.63, 3.8) is 0 Å². The van der Waals surface area contributed by atoms with Gasteiger partial charge in [-0.05, 0) is 31.5 Å². The molecule has 2 aliphatic rings. The minimum atomic E-state index is 0. The molecule has 2 aromatic heterocycles. The Labute approximate surface area is 157 Å². The van der Waals surface area contributed by atoms with Crippen molar-refractivity contribution >= 4 is 46.8 Å². The van der Waals surface area contributed by atoms with E-state index in [0.717, 1.165) is 53.4 Å². The average molecular weight is 380 g/mol. The second kappa shape index (κ2) is 7.68. The highest BCUT2D eigenvalue weighted by atomic mass is 35.5. The Morgan fingerprint density at radius 1 is 1.48 bits per heavy atom. The lowest BCUT2D eigenvalue weighted by Gasteiger charge is -2.27. The number of rotatable bonds is 3. The molecule has 3 N–H and O–H groups in total. The molecule has 0 unspecified atom stereocenters. The van der Waals surface area contributed by atoms with Crippen LogP contribution in [0.15, 0.2) is 29.6 Å². The zero-order valence-electron chi connectivity index (χ0n) is 14.0. The van der Waals surface area contributed by atoms with Crippen LogP contribution in [0.2, 0.25) is 0 Å². The Morgan fingerprint density at radius 3 is 3.16 bits per heavy atom. The molecule has 0 aliphatic carbocycles. The van der Waals surface area contributed by atoms with Crippen molar-refractivity contribution in [3.05, 3.63) is 35.1 Å². The number of halogens is 1. The van der Waals surface area contributed by atoms with E-state index in [9.17, 15) is 4.79 Å². The Bertz CT molecular complexity index is 799. The van der Waals surface area contributed by atoms with Gasteiger partial charge in [0.2, 0.25) is 0 Å². The first-order valence-corrected chi connectivity index (χ1v) is 9.26. The zero-order chi connectivity index (χ0) is 16.5. The number of anilines is 1. The molecule has 25 heavy (non-hydrogen) atoms. The van der Waals surface area contributed by atoms with Gasteiger partial charge in [-0.3, -0.25) is 4.79 Å². The van der Waals surface area contributed by atoms with Crippen LogP contribution in [0.25, 0.3) is 11.0 Å². The highest BCUT2D eigenvalue weighted by molar-refractivity contribution is 8.04. The topological polar surface area (TPSA) is 73.0 Å². The number of hydrogen-bond acceptors (Lipinski definition) is 5. The maximum absolute atomic E-state index is 12.5. The number of H-pyrrole nitrogens is 1. The molecule has 1 amide bonds. The molecule has 4 heterocycles. The quantitative estimate of drug-likeness (QED) is 0.762. The molecule has 0 spiro atoms. The molecule has 1 atom stereocenters. The Balaban J connectivity index is 0.00000182. The van der Waals surface area contributed by atoms with Gasteiger partial charge < -0.3 is 20.5 Å². The summed E-state index contributed by atoms with van der Waals surface area (Å²) in [6.45, 7) is 4.80. The first-order chi connectivity index (χ1) is 11.7. The molecule has 0 radical (unpaired) electrons. The molecule has 0 bridgehead atoms. The summed E-state index contributed by atoms with van der Waals surface area (Å²) in [7, 11) is 0. The van der Waals surface area contributed by atoms with Crippen molar-refractivity contribution in [2.75, 3.05) is 30.3 Å². The fourth-order valence-corrected chi connectivity index (χ4v) is 4.18. The number of fused-ring (bicyclic) bond motifs is 1. The Hall–Kier alpha value is -1.70. The third-order valence-electron chi connectivity index (χ3n) is 4.54. The van der Waals surface area contributed by atoms with Crippen LogP contribution in [-0.4, -0.2) is 47.3 Å². The molecule has 4 rings (SSSR count). The van der Waals surface area contributed by atoms with Crippen LogP contribution in [0.1, 0.15) is 12.0 Å². The van der Waals surface area contributed by atoms with Gasteiger partial charge in [0.05, 0.1) is 10.6 Å². The van der Waals surface area contributed by atoms with Gasteiger partial charge in [0.1, 0.15) is 5.65 Å². The Morgan fingerprint density at radius 2 is 2.36 bits per heavy atom. The summed E-state index contributed by atoms with van der Waals surface area (Å²) < 4.78 is 0. The first kappa shape index (κ1) is 18.1. The number of nitrogens with zero attached hydrogens (tertiary/aromatic N) is 2. The van der Waals surface area contributed by atoms with Crippen LogP contribution in [-0.2, 0) is 4.79 Å². The van der Waals surface area contributed by atoms with Crippen molar-refractivity contribution in [3.8, 4) is 0 Å². The van der Waals surface area contributed by atoms with Crippen molar-refractivity contribution < 1.29 is 4.79 Å². The van der Waals surface area contributed by atoms with E-state index >= 15 is 0 Å². The monoisotopic (exact) mass is 379 g/mol. The molecular formula is C17H22ClN5OS. The SMILES string of the molecule is Cc1c[nH]c2nccc(N3C=C(C(=O)N[C@H]4CCNC4)SCC3)c12.Cl. The molecule has 2 aliphatic heterocycles. The second-order valence-corrected chi connectivity index (χ2v) is 7.36. The van der Waals surface area contributed by atoms with Crippen LogP contribution in [0.5, 0.6) is 0 Å². The molecule has 1 saturated heterocycles. The lowest BCUT2D eigenvalue weighted by Crippen LogP contribution is -2.38. The van der Waals surface area contributed by atoms with E-state index in [1.165, 1.54) is 5.56 Å². The van der Waals surface area contributed by atoms with E-state index in [1.807, 2.05) is 24.7 Å². The number of pyridine rings is 1. The maximum atomic E-state index is 12.5. The number of carbonyl (C=O) groups is 1. The smallest absolute Gasteiger partial charge is 0.259 e. The summed E-state index contributed by atoms with van der Waals surface area (Å²) in [4.78, 5) is 23.1. The number of aromatic nitrogens is 2. The number of aromatic amines is 1.